The zero-order valence-electron chi connectivity index (χ0n) is 22.7. The van der Waals surface area contributed by atoms with E-state index in [1.165, 1.54) is 0 Å². The van der Waals surface area contributed by atoms with E-state index in [0.29, 0.717) is 39.7 Å². The largest absolute Gasteiger partial charge is 0.493 e. The first-order valence-corrected chi connectivity index (χ1v) is 13.6. The second-order valence-electron chi connectivity index (χ2n) is 10.0. The highest BCUT2D eigenvalue weighted by atomic mass is 35.5. The lowest BCUT2D eigenvalue weighted by Crippen LogP contribution is -2.29. The summed E-state index contributed by atoms with van der Waals surface area (Å²) in [6, 6.07) is 16.0. The minimum absolute atomic E-state index is 0.0652. The molecule has 0 N–H and O–H groups in total. The summed E-state index contributed by atoms with van der Waals surface area (Å²) < 4.78 is 17.9. The number of unbranched alkanes of at least 4 members (excludes halogenated alkanes) is 2. The average Bonchev–Trinajstić information content (AvgIpc) is 3.20. The standard InChI is InChI=1S/C32H32ClNO5/c1-5-6-9-14-38-25-13-12-21(17-26(25)37-4)28-27-29(35)23-16-19(2)15-20(3)30(23)39-31(27)32(36)34(28)18-22-10-7-8-11-24(22)33/h7-8,10-13,15-17,28H,5-6,9,14,18H2,1-4H3. The lowest BCUT2D eigenvalue weighted by Gasteiger charge is -2.26. The highest BCUT2D eigenvalue weighted by Crippen LogP contribution is 2.42. The third-order valence-corrected chi connectivity index (χ3v) is 7.57. The summed E-state index contributed by atoms with van der Waals surface area (Å²) in [5.41, 5.74) is 3.81. The summed E-state index contributed by atoms with van der Waals surface area (Å²) >= 11 is 6.49. The van der Waals surface area contributed by atoms with Crippen molar-refractivity contribution >= 4 is 28.5 Å². The predicted octanol–water partition coefficient (Wildman–Crippen LogP) is 7.39. The van der Waals surface area contributed by atoms with Gasteiger partial charge >= 0.3 is 0 Å². The number of benzene rings is 3. The van der Waals surface area contributed by atoms with E-state index in [9.17, 15) is 9.59 Å². The molecule has 1 aliphatic rings. The first-order valence-electron chi connectivity index (χ1n) is 13.3. The highest BCUT2D eigenvalue weighted by molar-refractivity contribution is 6.31. The lowest BCUT2D eigenvalue weighted by molar-refractivity contribution is 0.0714. The zero-order chi connectivity index (χ0) is 27.7. The predicted molar refractivity (Wildman–Crippen MR) is 153 cm³/mol. The molecule has 2 heterocycles. The Labute approximate surface area is 233 Å². The Kier molecular flexibility index (Phi) is 7.67. The lowest BCUT2D eigenvalue weighted by atomic mass is 9.96. The van der Waals surface area contributed by atoms with Crippen LogP contribution in [-0.4, -0.2) is 24.5 Å². The van der Waals surface area contributed by atoms with Crippen molar-refractivity contribution < 1.29 is 18.7 Å². The Bertz CT molecular complexity index is 1610. The fourth-order valence-electron chi connectivity index (χ4n) is 5.30. The van der Waals surface area contributed by atoms with E-state index in [-0.39, 0.29) is 23.6 Å². The molecular formula is C32H32ClNO5. The van der Waals surface area contributed by atoms with E-state index in [4.69, 9.17) is 25.5 Å². The van der Waals surface area contributed by atoms with Crippen molar-refractivity contribution in [1.82, 2.24) is 4.90 Å². The van der Waals surface area contributed by atoms with Gasteiger partial charge in [0.15, 0.2) is 16.9 Å². The van der Waals surface area contributed by atoms with Crippen LogP contribution in [0.4, 0.5) is 0 Å². The minimum atomic E-state index is -0.687. The van der Waals surface area contributed by atoms with Crippen molar-refractivity contribution in [3.63, 3.8) is 0 Å². The van der Waals surface area contributed by atoms with E-state index in [0.717, 1.165) is 41.5 Å². The Morgan fingerprint density at radius 3 is 2.54 bits per heavy atom. The molecule has 0 spiro atoms. The zero-order valence-corrected chi connectivity index (χ0v) is 23.4. The molecule has 0 radical (unpaired) electrons. The van der Waals surface area contributed by atoms with E-state index in [1.807, 2.05) is 62.4 Å². The first kappa shape index (κ1) is 26.8. The molecule has 6 nitrogen and oxygen atoms in total. The molecule has 1 atom stereocenters. The third-order valence-electron chi connectivity index (χ3n) is 7.20. The maximum absolute atomic E-state index is 14.0. The molecule has 0 saturated heterocycles. The Morgan fingerprint density at radius 1 is 1.00 bits per heavy atom. The second-order valence-corrected chi connectivity index (χ2v) is 10.4. The van der Waals surface area contributed by atoms with Gasteiger partial charge in [-0.1, -0.05) is 61.7 Å². The number of aryl methyl sites for hydroxylation is 2. The molecule has 1 aliphatic heterocycles. The number of carbonyl (C=O) groups excluding carboxylic acids is 1. The topological polar surface area (TPSA) is 69.0 Å². The summed E-state index contributed by atoms with van der Waals surface area (Å²) in [4.78, 5) is 29.6. The fourth-order valence-corrected chi connectivity index (χ4v) is 5.50. The van der Waals surface area contributed by atoms with Crippen LogP contribution in [-0.2, 0) is 6.54 Å². The second kappa shape index (κ2) is 11.1. The number of fused-ring (bicyclic) bond motifs is 2. The van der Waals surface area contributed by atoms with Crippen LogP contribution in [0.25, 0.3) is 11.0 Å². The normalized spacial score (nSPS) is 14.6. The molecule has 3 aromatic carbocycles. The van der Waals surface area contributed by atoms with Crippen molar-refractivity contribution in [3.8, 4) is 11.5 Å². The maximum atomic E-state index is 14.0. The number of rotatable bonds is 9. The van der Waals surface area contributed by atoms with Crippen LogP contribution in [0, 0.1) is 13.8 Å². The van der Waals surface area contributed by atoms with E-state index < -0.39 is 6.04 Å². The van der Waals surface area contributed by atoms with Crippen LogP contribution in [0.2, 0.25) is 5.02 Å². The van der Waals surface area contributed by atoms with Gasteiger partial charge in [-0.3, -0.25) is 9.59 Å². The molecule has 0 aliphatic carbocycles. The van der Waals surface area contributed by atoms with E-state index in [2.05, 4.69) is 6.92 Å². The van der Waals surface area contributed by atoms with E-state index >= 15 is 0 Å². The number of hydrogen-bond donors (Lipinski definition) is 0. The number of nitrogens with zero attached hydrogens (tertiary/aromatic N) is 1. The first-order chi connectivity index (χ1) is 18.8. The molecule has 202 valence electrons. The van der Waals surface area contributed by atoms with Gasteiger partial charge in [-0.15, -0.1) is 0 Å². The van der Waals surface area contributed by atoms with Crippen LogP contribution in [0.3, 0.4) is 0 Å². The Balaban J connectivity index is 1.66. The van der Waals surface area contributed by atoms with Gasteiger partial charge in [0.2, 0.25) is 5.76 Å². The molecular weight excluding hydrogens is 514 g/mol. The Morgan fingerprint density at radius 2 is 1.79 bits per heavy atom. The number of hydrogen-bond acceptors (Lipinski definition) is 5. The number of halogens is 1. The SMILES string of the molecule is CCCCCOc1ccc(C2c3c(oc4c(C)cc(C)cc4c3=O)C(=O)N2Cc2ccccc2Cl)cc1OC. The van der Waals surface area contributed by atoms with Crippen molar-refractivity contribution in [2.45, 2.75) is 52.6 Å². The van der Waals surface area contributed by atoms with Gasteiger partial charge in [0, 0.05) is 11.6 Å². The molecule has 5 rings (SSSR count). The summed E-state index contributed by atoms with van der Waals surface area (Å²) in [7, 11) is 1.58. The highest BCUT2D eigenvalue weighted by Gasteiger charge is 2.43. The van der Waals surface area contributed by atoms with Crippen LogP contribution in [0.1, 0.15) is 70.6 Å². The van der Waals surface area contributed by atoms with Gasteiger partial charge in [-0.05, 0) is 66.8 Å². The monoisotopic (exact) mass is 545 g/mol. The molecule has 0 saturated carbocycles. The summed E-state index contributed by atoms with van der Waals surface area (Å²) in [6.07, 6.45) is 3.14. The van der Waals surface area contributed by atoms with Crippen LogP contribution in [0.5, 0.6) is 11.5 Å². The van der Waals surface area contributed by atoms with Gasteiger partial charge in [0.05, 0.1) is 30.7 Å². The summed E-state index contributed by atoms with van der Waals surface area (Å²) in [5.74, 6) is 0.874. The van der Waals surface area contributed by atoms with Gasteiger partial charge in [0.1, 0.15) is 5.58 Å². The molecule has 0 fully saturated rings. The quantitative estimate of drug-likeness (QED) is 0.205. The van der Waals surface area contributed by atoms with E-state index in [1.54, 1.807) is 18.1 Å². The fraction of sp³-hybridized carbons (Fsp3) is 0.312. The summed E-state index contributed by atoms with van der Waals surface area (Å²) in [5, 5.41) is 1.01. The smallest absolute Gasteiger partial charge is 0.291 e. The maximum Gasteiger partial charge on any atom is 0.291 e. The van der Waals surface area contributed by atoms with Crippen molar-refractivity contribution in [1.29, 1.82) is 0 Å². The number of carbonyl (C=O) groups is 1. The average molecular weight is 546 g/mol. The van der Waals surface area contributed by atoms with Crippen LogP contribution < -0.4 is 14.9 Å². The van der Waals surface area contributed by atoms with Gasteiger partial charge < -0.3 is 18.8 Å². The number of ether oxygens (including phenoxy) is 2. The van der Waals surface area contributed by atoms with Crippen LogP contribution >= 0.6 is 11.6 Å². The number of amides is 1. The van der Waals surface area contributed by atoms with Crippen molar-refractivity contribution in [2.24, 2.45) is 0 Å². The molecule has 1 aromatic heterocycles. The molecule has 4 aromatic rings. The van der Waals surface area contributed by atoms with Gasteiger partial charge in [-0.2, -0.15) is 0 Å². The summed E-state index contributed by atoms with van der Waals surface area (Å²) in [6.45, 7) is 6.76. The number of methoxy groups -OCH3 is 1. The molecule has 39 heavy (non-hydrogen) atoms. The Hall–Kier alpha value is -3.77. The molecule has 0 bridgehead atoms. The van der Waals surface area contributed by atoms with Crippen molar-refractivity contribution in [3.05, 3.63) is 103 Å². The van der Waals surface area contributed by atoms with Gasteiger partial charge in [0.25, 0.3) is 5.91 Å². The molecule has 1 amide bonds. The van der Waals surface area contributed by atoms with Crippen LogP contribution in [0.15, 0.2) is 63.8 Å². The minimum Gasteiger partial charge on any atom is -0.493 e. The third kappa shape index (κ3) is 5.01. The molecule has 7 heteroatoms. The molecule has 1 unspecified atom stereocenters. The van der Waals surface area contributed by atoms with Gasteiger partial charge in [-0.25, -0.2) is 0 Å². The van der Waals surface area contributed by atoms with Crippen molar-refractivity contribution in [2.75, 3.05) is 13.7 Å².